The minimum absolute atomic E-state index is 1.02. The predicted octanol–water partition coefficient (Wildman–Crippen LogP) is 2.77. The summed E-state index contributed by atoms with van der Waals surface area (Å²) in [6, 6.07) is 0. The second kappa shape index (κ2) is 2.34. The molecule has 42 valence electrons. The molecule has 0 aromatic heterocycles. The molecule has 0 amide bonds. The molecule has 0 aliphatic heterocycles. The van der Waals surface area contributed by atoms with E-state index in [1.165, 1.54) is 10.1 Å². The molecular weight excluding hydrogens is 164 g/mol. The standard InChI is InChI=1S/C7H7Br/c1-6-3-2-4-7(8)5-6/h2,4H,5H2,1H3. The molecule has 0 N–H and O–H groups in total. The van der Waals surface area contributed by atoms with Crippen molar-refractivity contribution in [2.75, 3.05) is 0 Å². The third-order valence-corrected chi connectivity index (χ3v) is 1.57. The number of allylic oxidation sites excluding steroid dienone is 3. The summed E-state index contributed by atoms with van der Waals surface area (Å²) in [6.45, 7) is 2.07. The molecule has 8 heavy (non-hydrogen) atoms. The Morgan fingerprint density at radius 2 is 2.50 bits per heavy atom. The summed E-state index contributed by atoms with van der Waals surface area (Å²) in [7, 11) is 0. The van der Waals surface area contributed by atoms with Gasteiger partial charge >= 0.3 is 0 Å². The van der Waals surface area contributed by atoms with Crippen LogP contribution in [0.4, 0.5) is 0 Å². The van der Waals surface area contributed by atoms with Crippen LogP contribution >= 0.6 is 15.9 Å². The summed E-state index contributed by atoms with van der Waals surface area (Å²) in [4.78, 5) is 0. The average molecular weight is 171 g/mol. The highest BCUT2D eigenvalue weighted by atomic mass is 79.9. The molecule has 0 fully saturated rings. The van der Waals surface area contributed by atoms with Gasteiger partial charge < -0.3 is 0 Å². The number of hydrogen-bond donors (Lipinski definition) is 0. The lowest BCUT2D eigenvalue weighted by Crippen LogP contribution is -1.77. The van der Waals surface area contributed by atoms with Crippen molar-refractivity contribution in [3.8, 4) is 0 Å². The second-order valence-corrected chi connectivity index (χ2v) is 2.90. The zero-order valence-electron chi connectivity index (χ0n) is 4.74. The summed E-state index contributed by atoms with van der Waals surface area (Å²) in [5.74, 6) is 0. The van der Waals surface area contributed by atoms with Gasteiger partial charge in [-0.3, -0.25) is 0 Å². The molecule has 0 atom stereocenters. The van der Waals surface area contributed by atoms with E-state index in [9.17, 15) is 0 Å². The molecule has 1 rings (SSSR count). The van der Waals surface area contributed by atoms with Crippen molar-refractivity contribution in [2.24, 2.45) is 0 Å². The Morgan fingerprint density at radius 1 is 1.75 bits per heavy atom. The van der Waals surface area contributed by atoms with Crippen molar-refractivity contribution >= 4 is 15.9 Å². The average Bonchev–Trinajstić information content (AvgIpc) is 1.64. The fourth-order valence-corrected chi connectivity index (χ4v) is 1.19. The first-order valence-corrected chi connectivity index (χ1v) is 3.35. The van der Waals surface area contributed by atoms with Crippen LogP contribution in [0.1, 0.15) is 13.3 Å². The van der Waals surface area contributed by atoms with Crippen molar-refractivity contribution in [2.45, 2.75) is 13.3 Å². The van der Waals surface area contributed by atoms with Crippen LogP contribution in [0.2, 0.25) is 0 Å². The molecular formula is C7H7Br. The Hall–Kier alpha value is -0.260. The Labute approximate surface area is 57.7 Å². The second-order valence-electron chi connectivity index (χ2n) is 1.88. The fourth-order valence-electron chi connectivity index (χ4n) is 0.638. The van der Waals surface area contributed by atoms with Crippen LogP contribution in [0.15, 0.2) is 27.9 Å². The minimum atomic E-state index is 1.02. The zero-order valence-corrected chi connectivity index (χ0v) is 6.33. The van der Waals surface area contributed by atoms with Crippen LogP contribution in [-0.2, 0) is 0 Å². The van der Waals surface area contributed by atoms with Crippen molar-refractivity contribution < 1.29 is 0 Å². The fraction of sp³-hybridized carbons (Fsp3) is 0.286. The number of rotatable bonds is 0. The molecule has 0 aromatic rings. The van der Waals surface area contributed by atoms with Crippen molar-refractivity contribution in [1.82, 2.24) is 0 Å². The van der Waals surface area contributed by atoms with Gasteiger partial charge in [0.15, 0.2) is 0 Å². The van der Waals surface area contributed by atoms with Gasteiger partial charge in [-0.2, -0.15) is 0 Å². The van der Waals surface area contributed by atoms with Gasteiger partial charge in [0.1, 0.15) is 0 Å². The molecule has 0 heterocycles. The van der Waals surface area contributed by atoms with Crippen LogP contribution in [0.5, 0.6) is 0 Å². The molecule has 0 saturated heterocycles. The number of hydrogen-bond acceptors (Lipinski definition) is 0. The van der Waals surface area contributed by atoms with Gasteiger partial charge in [-0.1, -0.05) is 15.9 Å². The Balaban J connectivity index is 2.83. The topological polar surface area (TPSA) is 0 Å². The van der Waals surface area contributed by atoms with E-state index in [1.54, 1.807) is 0 Å². The summed E-state index contributed by atoms with van der Waals surface area (Å²) < 4.78 is 1.24. The molecule has 1 aliphatic carbocycles. The first-order valence-electron chi connectivity index (χ1n) is 2.56. The maximum atomic E-state index is 3.40. The maximum Gasteiger partial charge on any atom is 0.00729 e. The largest absolute Gasteiger partial charge is 0.122 e. The Bertz CT molecular complexity index is 181. The first-order chi connectivity index (χ1) is 3.79. The molecule has 0 aromatic carbocycles. The quantitative estimate of drug-likeness (QED) is 0.491. The van der Waals surface area contributed by atoms with Gasteiger partial charge in [-0.25, -0.2) is 0 Å². The Kier molecular flexibility index (Phi) is 1.72. The zero-order chi connectivity index (χ0) is 5.98. The first kappa shape index (κ1) is 5.87. The lowest BCUT2D eigenvalue weighted by Gasteiger charge is -1.97. The molecule has 0 radical (unpaired) electrons. The van der Waals surface area contributed by atoms with E-state index in [4.69, 9.17) is 0 Å². The molecule has 0 bridgehead atoms. The number of halogens is 1. The normalized spacial score (nSPS) is 17.8. The summed E-state index contributed by atoms with van der Waals surface area (Å²) >= 11 is 3.40. The summed E-state index contributed by atoms with van der Waals surface area (Å²) in [6.07, 6.45) is 4.98. The third-order valence-electron chi connectivity index (χ3n) is 1.03. The minimum Gasteiger partial charge on any atom is -0.122 e. The van der Waals surface area contributed by atoms with Crippen LogP contribution in [-0.4, -0.2) is 0 Å². The lowest BCUT2D eigenvalue weighted by molar-refractivity contribution is 1.19. The van der Waals surface area contributed by atoms with Crippen molar-refractivity contribution in [3.05, 3.63) is 27.9 Å². The van der Waals surface area contributed by atoms with Gasteiger partial charge in [0, 0.05) is 10.9 Å². The van der Waals surface area contributed by atoms with E-state index < -0.39 is 0 Å². The van der Waals surface area contributed by atoms with E-state index in [-0.39, 0.29) is 0 Å². The summed E-state index contributed by atoms with van der Waals surface area (Å²) in [5, 5.41) is 0. The van der Waals surface area contributed by atoms with E-state index in [1.807, 2.05) is 12.2 Å². The van der Waals surface area contributed by atoms with Gasteiger partial charge in [-0.15, -0.1) is 5.73 Å². The molecule has 1 heteroatoms. The van der Waals surface area contributed by atoms with E-state index >= 15 is 0 Å². The van der Waals surface area contributed by atoms with Gasteiger partial charge in [0.05, 0.1) is 0 Å². The van der Waals surface area contributed by atoms with Gasteiger partial charge in [0.25, 0.3) is 0 Å². The third kappa shape index (κ3) is 1.36. The highest BCUT2D eigenvalue weighted by Crippen LogP contribution is 2.18. The van der Waals surface area contributed by atoms with Gasteiger partial charge in [-0.05, 0) is 24.6 Å². The Morgan fingerprint density at radius 3 is 2.88 bits per heavy atom. The van der Waals surface area contributed by atoms with Crippen molar-refractivity contribution in [1.29, 1.82) is 0 Å². The lowest BCUT2D eigenvalue weighted by atomic mass is 10.2. The molecule has 0 unspecified atom stereocenters. The van der Waals surface area contributed by atoms with Gasteiger partial charge in [0.2, 0.25) is 0 Å². The molecule has 0 nitrogen and oxygen atoms in total. The van der Waals surface area contributed by atoms with E-state index in [2.05, 4.69) is 28.6 Å². The van der Waals surface area contributed by atoms with Crippen LogP contribution < -0.4 is 0 Å². The van der Waals surface area contributed by atoms with Crippen LogP contribution in [0, 0.1) is 0 Å². The highest BCUT2D eigenvalue weighted by Gasteiger charge is 1.94. The maximum absolute atomic E-state index is 3.40. The van der Waals surface area contributed by atoms with Crippen molar-refractivity contribution in [3.63, 3.8) is 0 Å². The van der Waals surface area contributed by atoms with Crippen LogP contribution in [0.3, 0.4) is 0 Å². The highest BCUT2D eigenvalue weighted by molar-refractivity contribution is 9.11. The van der Waals surface area contributed by atoms with Crippen LogP contribution in [0.25, 0.3) is 0 Å². The predicted molar refractivity (Wildman–Crippen MR) is 38.9 cm³/mol. The summed E-state index contributed by atoms with van der Waals surface area (Å²) in [5.41, 5.74) is 4.39. The monoisotopic (exact) mass is 170 g/mol. The molecule has 0 saturated carbocycles. The van der Waals surface area contributed by atoms with E-state index in [0.717, 1.165) is 6.42 Å². The smallest absolute Gasteiger partial charge is 0.00729 e. The molecule has 1 aliphatic rings. The SMILES string of the molecule is CC1=C=CC=C(Br)C1. The molecule has 0 spiro atoms. The van der Waals surface area contributed by atoms with E-state index in [0.29, 0.717) is 0 Å².